The molecular formula is C20H25N7O3. The molecule has 0 spiro atoms. The number of aromatic nitrogens is 5. The first-order valence-electron chi connectivity index (χ1n) is 10.2. The molecule has 0 unspecified atom stereocenters. The average Bonchev–Trinajstić information content (AvgIpc) is 3.48. The molecule has 0 saturated carbocycles. The van der Waals surface area contributed by atoms with E-state index in [0.29, 0.717) is 61.5 Å². The lowest BCUT2D eigenvalue weighted by Gasteiger charge is -2.27. The van der Waals surface area contributed by atoms with Gasteiger partial charge in [-0.05, 0) is 6.92 Å². The van der Waals surface area contributed by atoms with E-state index in [-0.39, 0.29) is 18.4 Å². The molecule has 2 atom stereocenters. The molecular weight excluding hydrogens is 386 g/mol. The van der Waals surface area contributed by atoms with Crippen LogP contribution in [0.1, 0.15) is 29.1 Å². The standard InChI is InChI=1S/C20H25N7O3/c1-4-15-23-12(2)16(30-15)18(29)26-6-13-7-27(9-20(13,8-26)10-28)19-21-5-14-17(24-19)22-11-25(14)3/h5,11,13,28H,4,6-10H2,1-3H3/t13-,20+/m1/s1. The Balaban J connectivity index is 1.36. The fourth-order valence-corrected chi connectivity index (χ4v) is 4.71. The van der Waals surface area contributed by atoms with E-state index >= 15 is 0 Å². The highest BCUT2D eigenvalue weighted by atomic mass is 16.4. The molecule has 0 radical (unpaired) electrons. The van der Waals surface area contributed by atoms with Crippen molar-refractivity contribution in [3.05, 3.63) is 29.9 Å². The van der Waals surface area contributed by atoms with E-state index in [1.165, 1.54) is 0 Å². The molecule has 5 heterocycles. The number of oxazole rings is 1. The van der Waals surface area contributed by atoms with Gasteiger partial charge in [0.25, 0.3) is 5.91 Å². The zero-order valence-corrected chi connectivity index (χ0v) is 17.4. The van der Waals surface area contributed by atoms with Gasteiger partial charge in [-0.1, -0.05) is 6.92 Å². The number of hydrogen-bond donors (Lipinski definition) is 1. The molecule has 10 nitrogen and oxygen atoms in total. The van der Waals surface area contributed by atoms with Crippen molar-refractivity contribution >= 4 is 23.0 Å². The highest BCUT2D eigenvalue weighted by Gasteiger charge is 2.54. The highest BCUT2D eigenvalue weighted by Crippen LogP contribution is 2.43. The second-order valence-electron chi connectivity index (χ2n) is 8.39. The van der Waals surface area contributed by atoms with Gasteiger partial charge >= 0.3 is 0 Å². The third-order valence-corrected chi connectivity index (χ3v) is 6.45. The second kappa shape index (κ2) is 6.76. The molecule has 30 heavy (non-hydrogen) atoms. The van der Waals surface area contributed by atoms with Crippen LogP contribution in [0, 0.1) is 18.3 Å². The van der Waals surface area contributed by atoms with Gasteiger partial charge in [-0.2, -0.15) is 4.98 Å². The summed E-state index contributed by atoms with van der Waals surface area (Å²) in [5.41, 5.74) is 1.74. The normalized spacial score (nSPS) is 23.5. The summed E-state index contributed by atoms with van der Waals surface area (Å²) in [5.74, 6) is 1.46. The van der Waals surface area contributed by atoms with Gasteiger partial charge in [-0.15, -0.1) is 0 Å². The Bertz CT molecular complexity index is 1120. The number of rotatable bonds is 4. The van der Waals surface area contributed by atoms with Crippen LogP contribution < -0.4 is 4.90 Å². The Morgan fingerprint density at radius 3 is 2.83 bits per heavy atom. The molecule has 0 aromatic carbocycles. The summed E-state index contributed by atoms with van der Waals surface area (Å²) in [6.07, 6.45) is 4.14. The quantitative estimate of drug-likeness (QED) is 0.670. The van der Waals surface area contributed by atoms with E-state index in [0.717, 1.165) is 5.52 Å². The fraction of sp³-hybridized carbons (Fsp3) is 0.550. The molecule has 3 aromatic heterocycles. The molecule has 2 aliphatic heterocycles. The number of fused-ring (bicyclic) bond motifs is 2. The van der Waals surface area contributed by atoms with Crippen LogP contribution in [-0.4, -0.2) is 73.2 Å². The number of carbonyl (C=O) groups is 1. The molecule has 1 N–H and O–H groups in total. The molecule has 1 amide bonds. The third kappa shape index (κ3) is 2.78. The van der Waals surface area contributed by atoms with Crippen molar-refractivity contribution in [2.75, 3.05) is 37.7 Å². The molecule has 0 bridgehead atoms. The molecule has 0 aliphatic carbocycles. The van der Waals surface area contributed by atoms with Gasteiger partial charge in [0.1, 0.15) is 5.52 Å². The number of nitrogens with zero attached hydrogens (tertiary/aromatic N) is 7. The smallest absolute Gasteiger partial charge is 0.291 e. The van der Waals surface area contributed by atoms with E-state index in [1.807, 2.05) is 18.5 Å². The highest BCUT2D eigenvalue weighted by molar-refractivity contribution is 5.92. The van der Waals surface area contributed by atoms with E-state index in [1.54, 1.807) is 24.3 Å². The van der Waals surface area contributed by atoms with E-state index in [4.69, 9.17) is 4.42 Å². The van der Waals surface area contributed by atoms with Crippen LogP contribution in [0.4, 0.5) is 5.95 Å². The van der Waals surface area contributed by atoms with Gasteiger partial charge in [-0.25, -0.2) is 15.0 Å². The molecule has 5 rings (SSSR count). The van der Waals surface area contributed by atoms with Crippen molar-refractivity contribution < 1.29 is 14.3 Å². The summed E-state index contributed by atoms with van der Waals surface area (Å²) in [6, 6.07) is 0. The van der Waals surface area contributed by atoms with Crippen LogP contribution in [0.5, 0.6) is 0 Å². The van der Waals surface area contributed by atoms with Gasteiger partial charge in [0, 0.05) is 51.0 Å². The lowest BCUT2D eigenvalue weighted by Crippen LogP contribution is -2.39. The number of aryl methyl sites for hydroxylation is 3. The van der Waals surface area contributed by atoms with Crippen molar-refractivity contribution in [2.24, 2.45) is 18.4 Å². The Hall–Kier alpha value is -3.01. The molecule has 3 aromatic rings. The van der Waals surface area contributed by atoms with E-state index in [2.05, 4.69) is 24.8 Å². The van der Waals surface area contributed by atoms with Crippen LogP contribution in [-0.2, 0) is 13.5 Å². The number of amides is 1. The van der Waals surface area contributed by atoms with E-state index in [9.17, 15) is 9.90 Å². The molecule has 2 aliphatic rings. The minimum Gasteiger partial charge on any atom is -0.435 e. The lowest BCUT2D eigenvalue weighted by molar-refractivity contribution is 0.0714. The number of anilines is 1. The second-order valence-corrected chi connectivity index (χ2v) is 8.39. The lowest BCUT2D eigenvalue weighted by atomic mass is 9.82. The summed E-state index contributed by atoms with van der Waals surface area (Å²) in [5, 5.41) is 10.3. The monoisotopic (exact) mass is 411 g/mol. The van der Waals surface area contributed by atoms with Crippen LogP contribution >= 0.6 is 0 Å². The van der Waals surface area contributed by atoms with Crippen LogP contribution in [0.2, 0.25) is 0 Å². The van der Waals surface area contributed by atoms with Crippen LogP contribution in [0.25, 0.3) is 11.2 Å². The largest absolute Gasteiger partial charge is 0.435 e. The van der Waals surface area contributed by atoms with Crippen LogP contribution in [0.15, 0.2) is 16.9 Å². The van der Waals surface area contributed by atoms with Crippen molar-refractivity contribution in [1.29, 1.82) is 0 Å². The number of likely N-dealkylation sites (tertiary alicyclic amines) is 1. The minimum absolute atomic E-state index is 0.000620. The number of carbonyl (C=O) groups excluding carboxylic acids is 1. The van der Waals surface area contributed by atoms with E-state index < -0.39 is 5.41 Å². The molecule has 10 heteroatoms. The Kier molecular flexibility index (Phi) is 4.28. The SMILES string of the molecule is CCc1nc(C)c(C(=O)N2C[C@@H]3CN(c4ncc5c(ncn5C)n4)C[C@]3(CO)C2)o1. The maximum atomic E-state index is 13.0. The Morgan fingerprint density at radius 2 is 2.13 bits per heavy atom. The number of hydrogen-bond acceptors (Lipinski definition) is 8. The zero-order chi connectivity index (χ0) is 21.0. The first-order chi connectivity index (χ1) is 14.4. The Labute approximate surface area is 173 Å². The first kappa shape index (κ1) is 19.0. The van der Waals surface area contributed by atoms with Crippen LogP contribution in [0.3, 0.4) is 0 Å². The predicted octanol–water partition coefficient (Wildman–Crippen LogP) is 0.793. The topological polar surface area (TPSA) is 113 Å². The summed E-state index contributed by atoms with van der Waals surface area (Å²) in [4.78, 5) is 34.7. The first-order valence-corrected chi connectivity index (χ1v) is 10.2. The summed E-state index contributed by atoms with van der Waals surface area (Å²) < 4.78 is 7.54. The third-order valence-electron chi connectivity index (χ3n) is 6.45. The number of aliphatic hydroxyl groups is 1. The van der Waals surface area contributed by atoms with Gasteiger partial charge in [0.15, 0.2) is 11.5 Å². The number of imidazole rings is 1. The van der Waals surface area contributed by atoms with Crippen molar-refractivity contribution in [1.82, 2.24) is 29.4 Å². The zero-order valence-electron chi connectivity index (χ0n) is 17.4. The maximum Gasteiger partial charge on any atom is 0.291 e. The van der Waals surface area contributed by atoms with Crippen molar-refractivity contribution in [3.63, 3.8) is 0 Å². The molecule has 2 saturated heterocycles. The van der Waals surface area contributed by atoms with Crippen molar-refractivity contribution in [2.45, 2.75) is 20.3 Å². The number of aliphatic hydroxyl groups excluding tert-OH is 1. The minimum atomic E-state index is -0.403. The molecule has 158 valence electrons. The summed E-state index contributed by atoms with van der Waals surface area (Å²) in [6.45, 7) is 6.03. The van der Waals surface area contributed by atoms with Gasteiger partial charge in [-0.3, -0.25) is 4.79 Å². The van der Waals surface area contributed by atoms with Gasteiger partial charge < -0.3 is 23.9 Å². The summed E-state index contributed by atoms with van der Waals surface area (Å²) in [7, 11) is 1.91. The van der Waals surface area contributed by atoms with Crippen molar-refractivity contribution in [3.8, 4) is 0 Å². The maximum absolute atomic E-state index is 13.0. The predicted molar refractivity (Wildman–Crippen MR) is 108 cm³/mol. The Morgan fingerprint density at radius 1 is 1.30 bits per heavy atom. The van der Waals surface area contributed by atoms with Gasteiger partial charge in [0.2, 0.25) is 11.7 Å². The summed E-state index contributed by atoms with van der Waals surface area (Å²) >= 11 is 0. The fourth-order valence-electron chi connectivity index (χ4n) is 4.71. The van der Waals surface area contributed by atoms with Gasteiger partial charge in [0.05, 0.1) is 24.8 Å². The molecule has 2 fully saturated rings. The average molecular weight is 411 g/mol.